The van der Waals surface area contributed by atoms with Crippen LogP contribution in [0.3, 0.4) is 0 Å². The highest BCUT2D eigenvalue weighted by atomic mass is 32.2. The Morgan fingerprint density at radius 3 is 2.62 bits per heavy atom. The Kier molecular flexibility index (Phi) is 7.47. The smallest absolute Gasteiger partial charge is 0.262 e. The van der Waals surface area contributed by atoms with Crippen molar-refractivity contribution in [2.75, 3.05) is 12.3 Å². The van der Waals surface area contributed by atoms with Crippen molar-refractivity contribution in [2.24, 2.45) is 0 Å². The Morgan fingerprint density at radius 2 is 1.86 bits per heavy atom. The fourth-order valence-corrected chi connectivity index (χ4v) is 3.97. The van der Waals surface area contributed by atoms with E-state index in [1.165, 1.54) is 17.3 Å². The lowest BCUT2D eigenvalue weighted by Crippen LogP contribution is -2.29. The first-order valence-corrected chi connectivity index (χ1v) is 11.0. The third kappa shape index (κ3) is 5.48. The van der Waals surface area contributed by atoms with Gasteiger partial charge in [0, 0.05) is 13.1 Å². The Balaban J connectivity index is 1.67. The van der Waals surface area contributed by atoms with Crippen LogP contribution in [-0.4, -0.2) is 27.8 Å². The second-order valence-corrected chi connectivity index (χ2v) is 8.07. The number of para-hydroxylation sites is 1. The van der Waals surface area contributed by atoms with Gasteiger partial charge in [-0.3, -0.25) is 14.2 Å². The molecule has 1 N–H and O–H groups in total. The highest BCUT2D eigenvalue weighted by Crippen LogP contribution is 2.19. The summed E-state index contributed by atoms with van der Waals surface area (Å²) in [5.74, 6) is 0.423. The van der Waals surface area contributed by atoms with Gasteiger partial charge in [-0.25, -0.2) is 4.98 Å². The van der Waals surface area contributed by atoms with E-state index in [-0.39, 0.29) is 23.1 Å². The van der Waals surface area contributed by atoms with Gasteiger partial charge < -0.3 is 5.32 Å². The molecule has 0 radical (unpaired) electrons. The molecule has 1 heterocycles. The van der Waals surface area contributed by atoms with Gasteiger partial charge in [0.05, 0.1) is 16.7 Å². The Bertz CT molecular complexity index is 1020. The maximum atomic E-state index is 12.9. The molecule has 6 heteroatoms. The van der Waals surface area contributed by atoms with Gasteiger partial charge in [0.15, 0.2) is 5.16 Å². The number of carbonyl (C=O) groups excluding carboxylic acids is 1. The first-order valence-electron chi connectivity index (χ1n) is 10.0. The topological polar surface area (TPSA) is 64.0 Å². The van der Waals surface area contributed by atoms with Crippen LogP contribution in [0, 0.1) is 0 Å². The minimum atomic E-state index is -0.0535. The molecule has 0 unspecified atom stereocenters. The Labute approximate surface area is 175 Å². The van der Waals surface area contributed by atoms with E-state index in [1.54, 1.807) is 10.6 Å². The standard InChI is InChI=1S/C23H27N3O2S/c1-3-4-14-26-22(28)19-12-8-9-13-20(19)25-23(26)29-16-21(27)24-15-17(2)18-10-6-5-7-11-18/h5-13,17H,3-4,14-16H2,1-2H3,(H,24,27)/t17-/m1/s1. The maximum Gasteiger partial charge on any atom is 0.262 e. The molecule has 2 aromatic carbocycles. The highest BCUT2D eigenvalue weighted by molar-refractivity contribution is 7.99. The lowest BCUT2D eigenvalue weighted by molar-refractivity contribution is -0.118. The second kappa shape index (κ2) is 10.3. The number of unbranched alkanes of at least 4 members (excludes halogenated alkanes) is 1. The Morgan fingerprint density at radius 1 is 1.14 bits per heavy atom. The van der Waals surface area contributed by atoms with Crippen LogP contribution in [0.1, 0.15) is 38.2 Å². The summed E-state index contributed by atoms with van der Waals surface area (Å²) in [7, 11) is 0. The molecular formula is C23H27N3O2S. The number of hydrogen-bond donors (Lipinski definition) is 1. The number of thioether (sulfide) groups is 1. The fraction of sp³-hybridized carbons (Fsp3) is 0.348. The van der Waals surface area contributed by atoms with Crippen LogP contribution in [0.15, 0.2) is 64.5 Å². The molecule has 0 saturated carbocycles. The molecule has 29 heavy (non-hydrogen) atoms. The van der Waals surface area contributed by atoms with E-state index in [0.29, 0.717) is 29.1 Å². The average Bonchev–Trinajstić information content (AvgIpc) is 2.76. The van der Waals surface area contributed by atoms with Crippen molar-refractivity contribution in [3.63, 3.8) is 0 Å². The molecular weight excluding hydrogens is 382 g/mol. The third-order valence-electron chi connectivity index (χ3n) is 4.87. The summed E-state index contributed by atoms with van der Waals surface area (Å²) >= 11 is 1.32. The molecule has 3 rings (SSSR count). The van der Waals surface area contributed by atoms with Crippen molar-refractivity contribution in [1.82, 2.24) is 14.9 Å². The molecule has 152 valence electrons. The van der Waals surface area contributed by atoms with Gasteiger partial charge in [0.2, 0.25) is 5.91 Å². The molecule has 0 aliphatic rings. The van der Waals surface area contributed by atoms with E-state index in [1.807, 2.05) is 36.4 Å². The second-order valence-electron chi connectivity index (χ2n) is 7.13. The van der Waals surface area contributed by atoms with Crippen LogP contribution in [0.5, 0.6) is 0 Å². The summed E-state index contributed by atoms with van der Waals surface area (Å²) in [6, 6.07) is 17.5. The van der Waals surface area contributed by atoms with E-state index < -0.39 is 0 Å². The molecule has 0 spiro atoms. The van der Waals surface area contributed by atoms with E-state index >= 15 is 0 Å². The minimum absolute atomic E-state index is 0.0374. The van der Waals surface area contributed by atoms with Crippen LogP contribution < -0.4 is 10.9 Å². The lowest BCUT2D eigenvalue weighted by atomic mass is 10.0. The summed E-state index contributed by atoms with van der Waals surface area (Å²) in [5, 5.41) is 4.22. The highest BCUT2D eigenvalue weighted by Gasteiger charge is 2.13. The number of nitrogens with zero attached hydrogens (tertiary/aromatic N) is 2. The van der Waals surface area contributed by atoms with E-state index in [4.69, 9.17) is 0 Å². The largest absolute Gasteiger partial charge is 0.355 e. The minimum Gasteiger partial charge on any atom is -0.355 e. The van der Waals surface area contributed by atoms with Gasteiger partial charge >= 0.3 is 0 Å². The lowest BCUT2D eigenvalue weighted by Gasteiger charge is -2.14. The maximum absolute atomic E-state index is 12.9. The number of aromatic nitrogens is 2. The number of benzene rings is 2. The van der Waals surface area contributed by atoms with Crippen molar-refractivity contribution in [3.8, 4) is 0 Å². The summed E-state index contributed by atoms with van der Waals surface area (Å²) in [4.78, 5) is 29.9. The molecule has 1 atom stereocenters. The van der Waals surface area contributed by atoms with Crippen molar-refractivity contribution in [2.45, 2.75) is 44.3 Å². The summed E-state index contributed by atoms with van der Waals surface area (Å²) in [6.07, 6.45) is 1.88. The van der Waals surface area contributed by atoms with Gasteiger partial charge in [0.25, 0.3) is 5.56 Å². The predicted octanol–water partition coefficient (Wildman–Crippen LogP) is 4.21. The number of hydrogen-bond acceptors (Lipinski definition) is 4. The van der Waals surface area contributed by atoms with Crippen LogP contribution in [0.25, 0.3) is 10.9 Å². The number of amides is 1. The monoisotopic (exact) mass is 409 g/mol. The Hall–Kier alpha value is -2.60. The fourth-order valence-electron chi connectivity index (χ4n) is 3.12. The average molecular weight is 410 g/mol. The van der Waals surface area contributed by atoms with Crippen LogP contribution in [-0.2, 0) is 11.3 Å². The van der Waals surface area contributed by atoms with E-state index in [9.17, 15) is 9.59 Å². The first kappa shape index (κ1) is 21.1. The number of fused-ring (bicyclic) bond motifs is 1. The number of nitrogens with one attached hydrogen (secondary N) is 1. The van der Waals surface area contributed by atoms with Crippen LogP contribution in [0.2, 0.25) is 0 Å². The molecule has 5 nitrogen and oxygen atoms in total. The van der Waals surface area contributed by atoms with Crippen molar-refractivity contribution < 1.29 is 4.79 Å². The first-order chi connectivity index (χ1) is 14.1. The number of carbonyl (C=O) groups is 1. The summed E-state index contributed by atoms with van der Waals surface area (Å²) < 4.78 is 1.70. The van der Waals surface area contributed by atoms with Gasteiger partial charge in [-0.1, -0.05) is 74.5 Å². The van der Waals surface area contributed by atoms with Crippen LogP contribution in [0.4, 0.5) is 0 Å². The predicted molar refractivity (Wildman–Crippen MR) is 120 cm³/mol. The molecule has 1 amide bonds. The van der Waals surface area contributed by atoms with Gasteiger partial charge in [-0.15, -0.1) is 0 Å². The van der Waals surface area contributed by atoms with Crippen molar-refractivity contribution >= 4 is 28.6 Å². The molecule has 0 fully saturated rings. The van der Waals surface area contributed by atoms with Gasteiger partial charge in [0.1, 0.15) is 0 Å². The third-order valence-corrected chi connectivity index (χ3v) is 5.84. The van der Waals surface area contributed by atoms with E-state index in [2.05, 4.69) is 36.3 Å². The zero-order valence-electron chi connectivity index (χ0n) is 16.9. The van der Waals surface area contributed by atoms with E-state index in [0.717, 1.165) is 12.8 Å². The molecule has 0 aliphatic carbocycles. The van der Waals surface area contributed by atoms with Gasteiger partial charge in [-0.05, 0) is 30.0 Å². The molecule has 1 aromatic heterocycles. The zero-order valence-corrected chi connectivity index (χ0v) is 17.7. The zero-order chi connectivity index (χ0) is 20.6. The number of rotatable bonds is 9. The quantitative estimate of drug-likeness (QED) is 0.425. The molecule has 0 saturated heterocycles. The summed E-state index contributed by atoms with van der Waals surface area (Å²) in [5.41, 5.74) is 1.83. The van der Waals surface area contributed by atoms with Gasteiger partial charge in [-0.2, -0.15) is 0 Å². The SMILES string of the molecule is CCCCn1c(SCC(=O)NC[C@@H](C)c2ccccc2)nc2ccccc2c1=O. The van der Waals surface area contributed by atoms with Crippen molar-refractivity contribution in [3.05, 3.63) is 70.5 Å². The van der Waals surface area contributed by atoms with Crippen LogP contribution >= 0.6 is 11.8 Å². The normalized spacial score (nSPS) is 12.1. The summed E-state index contributed by atoms with van der Waals surface area (Å²) in [6.45, 7) is 5.38. The molecule has 0 aliphatic heterocycles. The molecule has 0 bridgehead atoms. The molecule has 3 aromatic rings. The van der Waals surface area contributed by atoms with Crippen molar-refractivity contribution in [1.29, 1.82) is 0 Å².